The number of ether oxygens (including phenoxy) is 2. The summed E-state index contributed by atoms with van der Waals surface area (Å²) in [5, 5.41) is 11.7. The Labute approximate surface area is 118 Å². The molecule has 20 heavy (non-hydrogen) atoms. The van der Waals surface area contributed by atoms with E-state index in [-0.39, 0.29) is 11.6 Å². The van der Waals surface area contributed by atoms with Crippen molar-refractivity contribution in [2.45, 2.75) is 19.9 Å². The van der Waals surface area contributed by atoms with Crippen molar-refractivity contribution in [3.8, 4) is 17.6 Å². The molecule has 0 bridgehead atoms. The van der Waals surface area contributed by atoms with Crippen molar-refractivity contribution in [2.75, 3.05) is 14.2 Å². The van der Waals surface area contributed by atoms with Crippen LogP contribution in [0.4, 0.5) is 0 Å². The third kappa shape index (κ3) is 4.02. The second kappa shape index (κ2) is 7.19. The van der Waals surface area contributed by atoms with Crippen LogP contribution in [0.3, 0.4) is 0 Å². The summed E-state index contributed by atoms with van der Waals surface area (Å²) in [6, 6.07) is 7.06. The number of rotatable bonds is 5. The van der Waals surface area contributed by atoms with Crippen molar-refractivity contribution in [1.29, 1.82) is 5.26 Å². The zero-order chi connectivity index (χ0) is 15.1. The Balaban J connectivity index is 3.08. The molecular weight excluding hydrogens is 256 g/mol. The lowest BCUT2D eigenvalue weighted by Crippen LogP contribution is -2.30. The van der Waals surface area contributed by atoms with Crippen LogP contribution in [0.15, 0.2) is 23.8 Å². The van der Waals surface area contributed by atoms with E-state index >= 15 is 0 Å². The van der Waals surface area contributed by atoms with Crippen molar-refractivity contribution in [3.63, 3.8) is 0 Å². The standard InChI is InChI=1S/C15H18N2O3/c1-10(2)17-15(18)12(9-16)7-11-5-6-13(19-3)14(8-11)20-4/h5-8,10H,1-4H3,(H,17,18)/b12-7-. The Bertz CT molecular complexity index is 557. The predicted octanol–water partition coefficient (Wildman–Crippen LogP) is 2.14. The molecule has 0 saturated carbocycles. The summed E-state index contributed by atoms with van der Waals surface area (Å²) < 4.78 is 10.3. The fraction of sp³-hybridized carbons (Fsp3) is 0.333. The molecule has 1 amide bonds. The van der Waals surface area contributed by atoms with Crippen LogP contribution in [-0.2, 0) is 4.79 Å². The molecule has 0 radical (unpaired) electrons. The van der Waals surface area contributed by atoms with Gasteiger partial charge in [0, 0.05) is 6.04 Å². The normalized spacial score (nSPS) is 10.9. The van der Waals surface area contributed by atoms with Crippen LogP contribution < -0.4 is 14.8 Å². The van der Waals surface area contributed by atoms with Crippen LogP contribution in [0, 0.1) is 11.3 Å². The maximum absolute atomic E-state index is 11.8. The number of methoxy groups -OCH3 is 2. The third-order valence-corrected chi connectivity index (χ3v) is 2.50. The zero-order valence-electron chi connectivity index (χ0n) is 12.1. The lowest BCUT2D eigenvalue weighted by atomic mass is 10.1. The Morgan fingerprint density at radius 2 is 1.95 bits per heavy atom. The number of hydrogen-bond donors (Lipinski definition) is 1. The summed E-state index contributed by atoms with van der Waals surface area (Å²) >= 11 is 0. The first-order chi connectivity index (χ1) is 9.51. The van der Waals surface area contributed by atoms with E-state index in [4.69, 9.17) is 14.7 Å². The van der Waals surface area contributed by atoms with E-state index in [1.54, 1.807) is 25.3 Å². The number of hydrogen-bond acceptors (Lipinski definition) is 4. The molecule has 5 heteroatoms. The third-order valence-electron chi connectivity index (χ3n) is 2.50. The van der Waals surface area contributed by atoms with Crippen LogP contribution in [0.2, 0.25) is 0 Å². The largest absolute Gasteiger partial charge is 0.493 e. The molecule has 0 heterocycles. The summed E-state index contributed by atoms with van der Waals surface area (Å²) in [7, 11) is 3.08. The minimum atomic E-state index is -0.391. The molecule has 0 aliphatic heterocycles. The maximum Gasteiger partial charge on any atom is 0.262 e. The van der Waals surface area contributed by atoms with Gasteiger partial charge in [-0.1, -0.05) is 6.07 Å². The molecule has 0 spiro atoms. The highest BCUT2D eigenvalue weighted by Gasteiger charge is 2.11. The summed E-state index contributed by atoms with van der Waals surface area (Å²) in [5.74, 6) is 0.745. The van der Waals surface area contributed by atoms with Crippen molar-refractivity contribution in [3.05, 3.63) is 29.3 Å². The zero-order valence-corrected chi connectivity index (χ0v) is 12.1. The molecule has 106 valence electrons. The smallest absolute Gasteiger partial charge is 0.262 e. The van der Waals surface area contributed by atoms with Crippen molar-refractivity contribution in [1.82, 2.24) is 5.32 Å². The second-order valence-electron chi connectivity index (χ2n) is 4.41. The minimum absolute atomic E-state index is 0.0235. The second-order valence-corrected chi connectivity index (χ2v) is 4.41. The van der Waals surface area contributed by atoms with Gasteiger partial charge >= 0.3 is 0 Å². The van der Waals surface area contributed by atoms with Gasteiger partial charge in [-0.3, -0.25) is 4.79 Å². The van der Waals surface area contributed by atoms with Crippen LogP contribution in [0.25, 0.3) is 6.08 Å². The Morgan fingerprint density at radius 3 is 2.45 bits per heavy atom. The number of benzene rings is 1. The fourth-order valence-corrected chi connectivity index (χ4v) is 1.60. The summed E-state index contributed by atoms with van der Waals surface area (Å²) in [6.07, 6.45) is 1.51. The van der Waals surface area contributed by atoms with Gasteiger partial charge in [0.25, 0.3) is 5.91 Å². The van der Waals surface area contributed by atoms with E-state index in [0.717, 1.165) is 0 Å². The molecule has 0 aliphatic rings. The topological polar surface area (TPSA) is 71.3 Å². The van der Waals surface area contributed by atoms with Crippen molar-refractivity contribution in [2.24, 2.45) is 0 Å². The summed E-state index contributed by atoms with van der Waals surface area (Å²) in [6.45, 7) is 3.67. The van der Waals surface area contributed by atoms with Crippen LogP contribution in [-0.4, -0.2) is 26.2 Å². The molecule has 0 aliphatic carbocycles. The molecule has 1 rings (SSSR count). The van der Waals surface area contributed by atoms with E-state index in [1.165, 1.54) is 13.2 Å². The molecule has 1 aromatic rings. The molecule has 0 atom stereocenters. The summed E-state index contributed by atoms with van der Waals surface area (Å²) in [5.41, 5.74) is 0.740. The predicted molar refractivity (Wildman–Crippen MR) is 76.4 cm³/mol. The average Bonchev–Trinajstić information content (AvgIpc) is 2.43. The highest BCUT2D eigenvalue weighted by molar-refractivity contribution is 6.01. The fourth-order valence-electron chi connectivity index (χ4n) is 1.60. The number of nitrogens with zero attached hydrogens (tertiary/aromatic N) is 1. The molecule has 0 aromatic heterocycles. The lowest BCUT2D eigenvalue weighted by Gasteiger charge is -2.09. The van der Waals surface area contributed by atoms with Crippen LogP contribution >= 0.6 is 0 Å². The van der Waals surface area contributed by atoms with E-state index in [0.29, 0.717) is 17.1 Å². The van der Waals surface area contributed by atoms with Gasteiger partial charge in [-0.25, -0.2) is 0 Å². The Morgan fingerprint density at radius 1 is 1.30 bits per heavy atom. The van der Waals surface area contributed by atoms with Gasteiger partial charge in [0.2, 0.25) is 0 Å². The number of carbonyl (C=O) groups is 1. The van der Waals surface area contributed by atoms with Gasteiger partial charge in [-0.2, -0.15) is 5.26 Å². The number of nitriles is 1. The number of nitrogens with one attached hydrogen (secondary N) is 1. The first-order valence-corrected chi connectivity index (χ1v) is 6.16. The monoisotopic (exact) mass is 274 g/mol. The quantitative estimate of drug-likeness (QED) is 0.659. The van der Waals surface area contributed by atoms with Crippen LogP contribution in [0.5, 0.6) is 11.5 Å². The van der Waals surface area contributed by atoms with Gasteiger partial charge in [-0.15, -0.1) is 0 Å². The highest BCUT2D eigenvalue weighted by Crippen LogP contribution is 2.28. The Kier molecular flexibility index (Phi) is 5.60. The SMILES string of the molecule is COc1ccc(/C=C(/C#N)C(=O)NC(C)C)cc1OC. The van der Waals surface area contributed by atoms with E-state index in [9.17, 15) is 4.79 Å². The van der Waals surface area contributed by atoms with Gasteiger partial charge in [0.15, 0.2) is 11.5 Å². The maximum atomic E-state index is 11.8. The number of carbonyl (C=O) groups excluding carboxylic acids is 1. The van der Waals surface area contributed by atoms with Gasteiger partial charge in [-0.05, 0) is 37.6 Å². The van der Waals surface area contributed by atoms with Crippen molar-refractivity contribution < 1.29 is 14.3 Å². The summed E-state index contributed by atoms with van der Waals surface area (Å²) in [4.78, 5) is 11.8. The highest BCUT2D eigenvalue weighted by atomic mass is 16.5. The number of amides is 1. The molecule has 0 saturated heterocycles. The Hall–Kier alpha value is -2.48. The van der Waals surface area contributed by atoms with Gasteiger partial charge in [0.1, 0.15) is 11.6 Å². The molecule has 1 aromatic carbocycles. The van der Waals surface area contributed by atoms with Gasteiger partial charge < -0.3 is 14.8 Å². The molecule has 5 nitrogen and oxygen atoms in total. The first kappa shape index (κ1) is 15.6. The molecule has 0 fully saturated rings. The van der Waals surface area contributed by atoms with Crippen LogP contribution in [0.1, 0.15) is 19.4 Å². The molecule has 1 N–H and O–H groups in total. The lowest BCUT2D eigenvalue weighted by molar-refractivity contribution is -0.117. The van der Waals surface area contributed by atoms with Crippen molar-refractivity contribution >= 4 is 12.0 Å². The van der Waals surface area contributed by atoms with Gasteiger partial charge in [0.05, 0.1) is 14.2 Å². The van der Waals surface area contributed by atoms with E-state index in [1.807, 2.05) is 19.9 Å². The van der Waals surface area contributed by atoms with E-state index < -0.39 is 5.91 Å². The first-order valence-electron chi connectivity index (χ1n) is 6.16. The molecule has 0 unspecified atom stereocenters. The average molecular weight is 274 g/mol. The van der Waals surface area contributed by atoms with E-state index in [2.05, 4.69) is 5.32 Å². The minimum Gasteiger partial charge on any atom is -0.493 e. The molecular formula is C15H18N2O3.